The van der Waals surface area contributed by atoms with E-state index in [0.29, 0.717) is 13.0 Å². The molecule has 1 aliphatic rings. The molecular weight excluding hydrogens is 256 g/mol. The Kier molecular flexibility index (Phi) is 8.78. The topological polar surface area (TPSA) is 66.0 Å². The number of rotatable bonds is 9. The van der Waals surface area contributed by atoms with Gasteiger partial charge in [0, 0.05) is 45.8 Å². The molecule has 20 heavy (non-hydrogen) atoms. The van der Waals surface area contributed by atoms with Crippen molar-refractivity contribution in [1.82, 2.24) is 15.5 Å². The lowest BCUT2D eigenvalue weighted by atomic mass is 10.4. The van der Waals surface area contributed by atoms with E-state index in [2.05, 4.69) is 15.6 Å². The number of ether oxygens (including phenoxy) is 1. The van der Waals surface area contributed by atoms with Gasteiger partial charge >= 0.3 is 0 Å². The van der Waals surface area contributed by atoms with E-state index in [4.69, 9.17) is 4.74 Å². The fourth-order valence-corrected chi connectivity index (χ4v) is 2.12. The maximum absolute atomic E-state index is 11.5. The second-order valence-electron chi connectivity index (χ2n) is 4.72. The first-order valence-corrected chi connectivity index (χ1v) is 7.65. The minimum Gasteiger partial charge on any atom is -0.380 e. The lowest BCUT2D eigenvalue weighted by Crippen LogP contribution is -2.39. The summed E-state index contributed by atoms with van der Waals surface area (Å²) < 4.78 is 5.28. The summed E-state index contributed by atoms with van der Waals surface area (Å²) in [5, 5.41) is 6.43. The van der Waals surface area contributed by atoms with Gasteiger partial charge in [-0.3, -0.25) is 9.79 Å². The third-order valence-electron chi connectivity index (χ3n) is 3.11. The van der Waals surface area contributed by atoms with Crippen molar-refractivity contribution in [2.75, 3.05) is 45.9 Å². The summed E-state index contributed by atoms with van der Waals surface area (Å²) in [6, 6.07) is 0. The fraction of sp³-hybridized carbons (Fsp3) is 0.857. The van der Waals surface area contributed by atoms with Crippen LogP contribution < -0.4 is 10.6 Å². The summed E-state index contributed by atoms with van der Waals surface area (Å²) in [5.41, 5.74) is 0. The van der Waals surface area contributed by atoms with Crippen molar-refractivity contribution in [3.05, 3.63) is 0 Å². The van der Waals surface area contributed by atoms with E-state index in [1.54, 1.807) is 0 Å². The number of aliphatic imine (C=N–C) groups is 1. The van der Waals surface area contributed by atoms with Crippen molar-refractivity contribution in [3.63, 3.8) is 0 Å². The van der Waals surface area contributed by atoms with Gasteiger partial charge in [-0.2, -0.15) is 0 Å². The molecule has 0 unspecified atom stereocenters. The summed E-state index contributed by atoms with van der Waals surface area (Å²) in [6.45, 7) is 9.50. The van der Waals surface area contributed by atoms with Crippen molar-refractivity contribution < 1.29 is 9.53 Å². The molecule has 0 atom stereocenters. The Morgan fingerprint density at radius 1 is 1.40 bits per heavy atom. The molecule has 6 nitrogen and oxygen atoms in total. The summed E-state index contributed by atoms with van der Waals surface area (Å²) >= 11 is 0. The lowest BCUT2D eigenvalue weighted by molar-refractivity contribution is -0.127. The van der Waals surface area contributed by atoms with Gasteiger partial charge in [-0.1, -0.05) is 0 Å². The number of amides is 1. The summed E-state index contributed by atoms with van der Waals surface area (Å²) in [6.07, 6.45) is 2.63. The molecule has 0 saturated carbocycles. The monoisotopic (exact) mass is 284 g/mol. The predicted molar refractivity (Wildman–Crippen MR) is 80.9 cm³/mol. The average molecular weight is 284 g/mol. The van der Waals surface area contributed by atoms with Crippen LogP contribution in [0.2, 0.25) is 0 Å². The zero-order valence-electron chi connectivity index (χ0n) is 12.8. The highest BCUT2D eigenvalue weighted by atomic mass is 16.5. The van der Waals surface area contributed by atoms with Crippen molar-refractivity contribution in [2.24, 2.45) is 4.99 Å². The number of hydrogen-bond donors (Lipinski definition) is 2. The van der Waals surface area contributed by atoms with Gasteiger partial charge in [0.05, 0.1) is 6.61 Å². The van der Waals surface area contributed by atoms with Crippen LogP contribution in [0.4, 0.5) is 0 Å². The highest BCUT2D eigenvalue weighted by Gasteiger charge is 2.18. The van der Waals surface area contributed by atoms with Crippen molar-refractivity contribution >= 4 is 11.9 Å². The standard InChI is InChI=1S/C14H28N4O2/c1-3-15-14(17-9-12-20-4-2)16-8-6-11-18-10-5-7-13(18)19/h3-12H2,1-2H3,(H2,15,16,17). The molecule has 0 radical (unpaired) electrons. The van der Waals surface area contributed by atoms with Gasteiger partial charge in [0.15, 0.2) is 5.96 Å². The number of carbonyl (C=O) groups is 1. The van der Waals surface area contributed by atoms with Gasteiger partial charge in [0.25, 0.3) is 0 Å². The quantitative estimate of drug-likeness (QED) is 0.369. The molecule has 1 amide bonds. The number of hydrogen-bond acceptors (Lipinski definition) is 3. The van der Waals surface area contributed by atoms with E-state index >= 15 is 0 Å². The van der Waals surface area contributed by atoms with Crippen LogP contribution in [0.5, 0.6) is 0 Å². The number of likely N-dealkylation sites (tertiary alicyclic amines) is 1. The Hall–Kier alpha value is -1.30. The van der Waals surface area contributed by atoms with Crippen LogP contribution in [0.25, 0.3) is 0 Å². The SMILES string of the molecule is CCNC(=NCCCN1CCCC1=O)NCCOCC. The van der Waals surface area contributed by atoms with Gasteiger partial charge in [-0.15, -0.1) is 0 Å². The van der Waals surface area contributed by atoms with Crippen LogP contribution in [0.15, 0.2) is 4.99 Å². The van der Waals surface area contributed by atoms with Crippen molar-refractivity contribution in [3.8, 4) is 0 Å². The molecule has 1 saturated heterocycles. The summed E-state index contributed by atoms with van der Waals surface area (Å²) in [7, 11) is 0. The zero-order chi connectivity index (χ0) is 14.6. The molecule has 1 aliphatic heterocycles. The Balaban J connectivity index is 2.18. The molecule has 0 aromatic rings. The molecule has 0 aromatic carbocycles. The Labute approximate surface area is 122 Å². The van der Waals surface area contributed by atoms with E-state index in [-0.39, 0.29) is 5.91 Å². The van der Waals surface area contributed by atoms with Crippen LogP contribution >= 0.6 is 0 Å². The first-order chi connectivity index (χ1) is 9.77. The molecule has 0 aromatic heterocycles. The van der Waals surface area contributed by atoms with Gasteiger partial charge in [-0.05, 0) is 26.7 Å². The molecule has 0 bridgehead atoms. The Morgan fingerprint density at radius 3 is 2.90 bits per heavy atom. The molecular formula is C14H28N4O2. The van der Waals surface area contributed by atoms with Gasteiger partial charge in [0.1, 0.15) is 0 Å². The highest BCUT2D eigenvalue weighted by molar-refractivity contribution is 5.79. The average Bonchev–Trinajstić information content (AvgIpc) is 2.85. The smallest absolute Gasteiger partial charge is 0.222 e. The molecule has 0 aliphatic carbocycles. The van der Waals surface area contributed by atoms with Crippen molar-refractivity contribution in [2.45, 2.75) is 33.1 Å². The Morgan fingerprint density at radius 2 is 2.25 bits per heavy atom. The summed E-state index contributed by atoms with van der Waals surface area (Å²) in [4.78, 5) is 17.9. The van der Waals surface area contributed by atoms with Crippen LogP contribution in [-0.2, 0) is 9.53 Å². The molecule has 0 spiro atoms. The maximum Gasteiger partial charge on any atom is 0.222 e. The first kappa shape index (κ1) is 16.8. The molecule has 1 rings (SSSR count). The highest BCUT2D eigenvalue weighted by Crippen LogP contribution is 2.09. The van der Waals surface area contributed by atoms with E-state index < -0.39 is 0 Å². The second kappa shape index (κ2) is 10.5. The number of guanidine groups is 1. The first-order valence-electron chi connectivity index (χ1n) is 7.65. The molecule has 1 fully saturated rings. The molecule has 116 valence electrons. The molecule has 1 heterocycles. The van der Waals surface area contributed by atoms with Crippen LogP contribution in [-0.4, -0.2) is 62.7 Å². The molecule has 2 N–H and O–H groups in total. The number of nitrogens with zero attached hydrogens (tertiary/aromatic N) is 2. The van der Waals surface area contributed by atoms with E-state index in [9.17, 15) is 4.79 Å². The minimum absolute atomic E-state index is 0.288. The fourth-order valence-electron chi connectivity index (χ4n) is 2.12. The third-order valence-corrected chi connectivity index (χ3v) is 3.11. The van der Waals surface area contributed by atoms with E-state index in [0.717, 1.165) is 58.1 Å². The van der Waals surface area contributed by atoms with Crippen molar-refractivity contribution in [1.29, 1.82) is 0 Å². The third kappa shape index (κ3) is 6.75. The number of carbonyl (C=O) groups excluding carboxylic acids is 1. The van der Waals surface area contributed by atoms with Crippen LogP contribution in [0, 0.1) is 0 Å². The van der Waals surface area contributed by atoms with Gasteiger partial charge < -0.3 is 20.3 Å². The van der Waals surface area contributed by atoms with E-state index in [1.807, 2.05) is 18.7 Å². The van der Waals surface area contributed by atoms with E-state index in [1.165, 1.54) is 0 Å². The summed E-state index contributed by atoms with van der Waals surface area (Å²) in [5.74, 6) is 1.11. The Bertz CT molecular complexity index is 308. The van der Waals surface area contributed by atoms with Crippen LogP contribution in [0.3, 0.4) is 0 Å². The van der Waals surface area contributed by atoms with Gasteiger partial charge in [0.2, 0.25) is 5.91 Å². The largest absolute Gasteiger partial charge is 0.380 e. The zero-order valence-corrected chi connectivity index (χ0v) is 12.8. The predicted octanol–water partition coefficient (Wildman–Crippen LogP) is 0.591. The lowest BCUT2D eigenvalue weighted by Gasteiger charge is -2.15. The van der Waals surface area contributed by atoms with Crippen LogP contribution in [0.1, 0.15) is 33.1 Å². The van der Waals surface area contributed by atoms with Gasteiger partial charge in [-0.25, -0.2) is 0 Å². The number of nitrogens with one attached hydrogen (secondary N) is 2. The second-order valence-corrected chi connectivity index (χ2v) is 4.72. The minimum atomic E-state index is 0.288. The normalized spacial score (nSPS) is 15.8. The molecule has 6 heteroatoms. The maximum atomic E-state index is 11.5.